The molecule has 1 N–H and O–H groups in total. The molecule has 0 amide bonds. The smallest absolute Gasteiger partial charge is 0.333 e. The van der Waals surface area contributed by atoms with E-state index in [1.165, 1.54) is 4.90 Å². The molecule has 0 unspecified atom stereocenters. The zero-order valence-corrected chi connectivity index (χ0v) is 13.0. The SMILES string of the molecule is CCOC(=O)[C@H](Nc1ccc(SC)cc1)c1ccccc1. The zero-order valence-electron chi connectivity index (χ0n) is 12.2. The van der Waals surface area contributed by atoms with Crippen molar-refractivity contribution in [1.82, 2.24) is 0 Å². The molecule has 0 aliphatic heterocycles. The summed E-state index contributed by atoms with van der Waals surface area (Å²) in [6.45, 7) is 2.18. The van der Waals surface area contributed by atoms with E-state index in [4.69, 9.17) is 4.74 Å². The molecule has 4 heteroatoms. The van der Waals surface area contributed by atoms with Crippen molar-refractivity contribution in [2.24, 2.45) is 0 Å². The van der Waals surface area contributed by atoms with Crippen LogP contribution in [0.25, 0.3) is 0 Å². The van der Waals surface area contributed by atoms with Gasteiger partial charge in [0.1, 0.15) is 0 Å². The number of hydrogen-bond donors (Lipinski definition) is 1. The van der Waals surface area contributed by atoms with Gasteiger partial charge in [-0.3, -0.25) is 0 Å². The molecule has 0 bridgehead atoms. The molecule has 0 heterocycles. The Morgan fingerprint density at radius 2 is 1.81 bits per heavy atom. The number of esters is 1. The first-order valence-corrected chi connectivity index (χ1v) is 8.09. The van der Waals surface area contributed by atoms with E-state index in [9.17, 15) is 4.79 Å². The van der Waals surface area contributed by atoms with E-state index in [0.29, 0.717) is 6.61 Å². The first-order chi connectivity index (χ1) is 10.2. The minimum Gasteiger partial charge on any atom is -0.464 e. The van der Waals surface area contributed by atoms with E-state index >= 15 is 0 Å². The van der Waals surface area contributed by atoms with Crippen molar-refractivity contribution in [3.63, 3.8) is 0 Å². The van der Waals surface area contributed by atoms with Gasteiger partial charge in [-0.05, 0) is 43.0 Å². The highest BCUT2D eigenvalue weighted by atomic mass is 32.2. The van der Waals surface area contributed by atoms with Gasteiger partial charge in [-0.25, -0.2) is 4.79 Å². The second kappa shape index (κ2) is 7.74. The van der Waals surface area contributed by atoms with Crippen molar-refractivity contribution >= 4 is 23.4 Å². The number of nitrogens with one attached hydrogen (secondary N) is 1. The fourth-order valence-electron chi connectivity index (χ4n) is 2.00. The molecule has 21 heavy (non-hydrogen) atoms. The van der Waals surface area contributed by atoms with Crippen LogP contribution in [0.5, 0.6) is 0 Å². The van der Waals surface area contributed by atoms with E-state index in [1.54, 1.807) is 11.8 Å². The van der Waals surface area contributed by atoms with Gasteiger partial charge in [0.15, 0.2) is 6.04 Å². The van der Waals surface area contributed by atoms with Crippen LogP contribution in [0.15, 0.2) is 59.5 Å². The van der Waals surface area contributed by atoms with Gasteiger partial charge in [0.2, 0.25) is 0 Å². The predicted molar refractivity (Wildman–Crippen MR) is 87.7 cm³/mol. The Bertz CT molecular complexity index is 569. The molecule has 2 aromatic carbocycles. The molecule has 2 aromatic rings. The number of ether oxygens (including phenoxy) is 1. The molecule has 110 valence electrons. The van der Waals surface area contributed by atoms with Crippen LogP contribution >= 0.6 is 11.8 Å². The molecule has 0 aromatic heterocycles. The predicted octanol–water partition coefficient (Wildman–Crippen LogP) is 4.12. The number of carbonyl (C=O) groups is 1. The first-order valence-electron chi connectivity index (χ1n) is 6.86. The molecule has 0 saturated heterocycles. The highest BCUT2D eigenvalue weighted by molar-refractivity contribution is 7.98. The summed E-state index contributed by atoms with van der Waals surface area (Å²) < 4.78 is 5.17. The fraction of sp³-hybridized carbons (Fsp3) is 0.235. The van der Waals surface area contributed by atoms with Gasteiger partial charge < -0.3 is 10.1 Å². The summed E-state index contributed by atoms with van der Waals surface area (Å²) in [5, 5.41) is 3.25. The molecular weight excluding hydrogens is 282 g/mol. The summed E-state index contributed by atoms with van der Waals surface area (Å²) in [6, 6.07) is 17.1. The number of hydrogen-bond acceptors (Lipinski definition) is 4. The van der Waals surface area contributed by atoms with Gasteiger partial charge in [-0.1, -0.05) is 30.3 Å². The number of anilines is 1. The lowest BCUT2D eigenvalue weighted by Crippen LogP contribution is -2.23. The molecule has 0 saturated carbocycles. The van der Waals surface area contributed by atoms with Crippen LogP contribution in [0.4, 0.5) is 5.69 Å². The van der Waals surface area contributed by atoms with Crippen LogP contribution in [0.3, 0.4) is 0 Å². The van der Waals surface area contributed by atoms with Crippen molar-refractivity contribution in [2.45, 2.75) is 17.9 Å². The lowest BCUT2D eigenvalue weighted by Gasteiger charge is -2.19. The summed E-state index contributed by atoms with van der Waals surface area (Å²) in [4.78, 5) is 13.4. The highest BCUT2D eigenvalue weighted by Crippen LogP contribution is 2.23. The standard InChI is InChI=1S/C17H19NO2S/c1-3-20-17(19)16(13-7-5-4-6-8-13)18-14-9-11-15(21-2)12-10-14/h4-12,16,18H,3H2,1-2H3/t16-/m1/s1. The number of carbonyl (C=O) groups excluding carboxylic acids is 1. The Morgan fingerprint density at radius 1 is 1.14 bits per heavy atom. The number of rotatable bonds is 6. The van der Waals surface area contributed by atoms with E-state index in [2.05, 4.69) is 5.32 Å². The Morgan fingerprint density at radius 3 is 2.38 bits per heavy atom. The van der Waals surface area contributed by atoms with E-state index in [-0.39, 0.29) is 5.97 Å². The number of benzene rings is 2. The van der Waals surface area contributed by atoms with Crippen molar-refractivity contribution in [3.05, 3.63) is 60.2 Å². The van der Waals surface area contributed by atoms with Crippen LogP contribution in [0.2, 0.25) is 0 Å². The second-order valence-electron chi connectivity index (χ2n) is 4.47. The topological polar surface area (TPSA) is 38.3 Å². The lowest BCUT2D eigenvalue weighted by molar-refractivity contribution is -0.144. The second-order valence-corrected chi connectivity index (χ2v) is 5.35. The van der Waals surface area contributed by atoms with Gasteiger partial charge in [0.25, 0.3) is 0 Å². The Balaban J connectivity index is 2.21. The lowest BCUT2D eigenvalue weighted by atomic mass is 10.1. The molecule has 0 fully saturated rings. The number of thioether (sulfide) groups is 1. The molecule has 0 spiro atoms. The largest absolute Gasteiger partial charge is 0.464 e. The maximum atomic E-state index is 12.2. The fourth-order valence-corrected chi connectivity index (χ4v) is 2.41. The van der Waals surface area contributed by atoms with Crippen molar-refractivity contribution in [2.75, 3.05) is 18.2 Å². The first kappa shape index (κ1) is 15.4. The van der Waals surface area contributed by atoms with Crippen molar-refractivity contribution in [3.8, 4) is 0 Å². The van der Waals surface area contributed by atoms with Crippen LogP contribution < -0.4 is 5.32 Å². The van der Waals surface area contributed by atoms with Gasteiger partial charge in [0.05, 0.1) is 6.61 Å². The molecule has 0 aliphatic rings. The minimum atomic E-state index is -0.494. The van der Waals surface area contributed by atoms with Gasteiger partial charge in [0, 0.05) is 10.6 Å². The van der Waals surface area contributed by atoms with Crippen molar-refractivity contribution in [1.29, 1.82) is 0 Å². The van der Waals surface area contributed by atoms with Gasteiger partial charge in [-0.15, -0.1) is 11.8 Å². The van der Waals surface area contributed by atoms with Crippen LogP contribution in [-0.2, 0) is 9.53 Å². The monoisotopic (exact) mass is 301 g/mol. The highest BCUT2D eigenvalue weighted by Gasteiger charge is 2.21. The summed E-state index contributed by atoms with van der Waals surface area (Å²) in [7, 11) is 0. The van der Waals surface area contributed by atoms with E-state index < -0.39 is 6.04 Å². The van der Waals surface area contributed by atoms with E-state index in [0.717, 1.165) is 11.3 Å². The summed E-state index contributed by atoms with van der Waals surface area (Å²) in [5.74, 6) is -0.266. The normalized spacial score (nSPS) is 11.7. The quantitative estimate of drug-likeness (QED) is 0.643. The Kier molecular flexibility index (Phi) is 5.69. The third-order valence-electron chi connectivity index (χ3n) is 3.06. The molecular formula is C17H19NO2S. The van der Waals surface area contributed by atoms with Crippen molar-refractivity contribution < 1.29 is 9.53 Å². The van der Waals surface area contributed by atoms with Crippen LogP contribution in [-0.4, -0.2) is 18.8 Å². The maximum Gasteiger partial charge on any atom is 0.333 e. The molecule has 2 rings (SSSR count). The van der Waals surface area contributed by atoms with Crippen LogP contribution in [0, 0.1) is 0 Å². The zero-order chi connectivity index (χ0) is 15.1. The average Bonchev–Trinajstić information content (AvgIpc) is 2.54. The summed E-state index contributed by atoms with van der Waals surface area (Å²) in [5.41, 5.74) is 1.79. The maximum absolute atomic E-state index is 12.2. The Labute approximate surface area is 129 Å². The van der Waals surface area contributed by atoms with Gasteiger partial charge >= 0.3 is 5.97 Å². The minimum absolute atomic E-state index is 0.266. The third kappa shape index (κ3) is 4.26. The summed E-state index contributed by atoms with van der Waals surface area (Å²) >= 11 is 1.69. The Hall–Kier alpha value is -1.94. The average molecular weight is 301 g/mol. The molecule has 3 nitrogen and oxygen atoms in total. The van der Waals surface area contributed by atoms with Gasteiger partial charge in [-0.2, -0.15) is 0 Å². The molecule has 0 aliphatic carbocycles. The third-order valence-corrected chi connectivity index (χ3v) is 3.80. The summed E-state index contributed by atoms with van der Waals surface area (Å²) in [6.07, 6.45) is 2.04. The molecule has 0 radical (unpaired) electrons. The molecule has 1 atom stereocenters. The van der Waals surface area contributed by atoms with Crippen LogP contribution in [0.1, 0.15) is 18.5 Å². The van der Waals surface area contributed by atoms with E-state index in [1.807, 2.05) is 67.8 Å².